The van der Waals surface area contributed by atoms with Crippen LogP contribution in [0, 0.1) is 5.92 Å². The third-order valence-corrected chi connectivity index (χ3v) is 4.26. The number of nitrogens with one attached hydrogen (secondary N) is 2. The number of rotatable bonds is 8. The first kappa shape index (κ1) is 17.4. The van der Waals surface area contributed by atoms with Crippen LogP contribution in [-0.2, 0) is 4.79 Å². The van der Waals surface area contributed by atoms with Crippen molar-refractivity contribution in [1.29, 1.82) is 0 Å². The smallest absolute Gasteiger partial charge is 0.220 e. The fourth-order valence-corrected chi connectivity index (χ4v) is 3.03. The monoisotopic (exact) mass is 283 g/mol. The predicted molar refractivity (Wildman–Crippen MR) is 84.8 cm³/mol. The Labute approximate surface area is 124 Å². The highest BCUT2D eigenvalue weighted by molar-refractivity contribution is 5.75. The zero-order chi connectivity index (χ0) is 15.0. The molecule has 0 unspecified atom stereocenters. The van der Waals surface area contributed by atoms with Gasteiger partial charge in [-0.2, -0.15) is 0 Å². The van der Waals surface area contributed by atoms with Crippen molar-refractivity contribution < 1.29 is 4.79 Å². The third-order valence-electron chi connectivity index (χ3n) is 4.26. The number of carbonyl (C=O) groups excluding carboxylic acids is 1. The summed E-state index contributed by atoms with van der Waals surface area (Å²) < 4.78 is 0. The molecule has 1 aliphatic heterocycles. The topological polar surface area (TPSA) is 44.4 Å². The van der Waals surface area contributed by atoms with E-state index >= 15 is 0 Å². The van der Waals surface area contributed by atoms with Crippen LogP contribution in [0.4, 0.5) is 0 Å². The molecular weight excluding hydrogens is 250 g/mol. The number of piperidine rings is 1. The average molecular weight is 283 g/mol. The highest BCUT2D eigenvalue weighted by Crippen LogP contribution is 2.17. The standard InChI is InChI=1S/C16H33N3O/c1-13(2)19(14(3)4)12-11-18-16(20)6-5-15-7-9-17-10-8-15/h13-15,17H,5-12H2,1-4H3,(H,18,20). The molecule has 4 nitrogen and oxygen atoms in total. The van der Waals surface area contributed by atoms with Crippen LogP contribution in [-0.4, -0.2) is 49.1 Å². The largest absolute Gasteiger partial charge is 0.355 e. The minimum atomic E-state index is 0.219. The van der Waals surface area contributed by atoms with Crippen LogP contribution in [0.1, 0.15) is 53.4 Å². The van der Waals surface area contributed by atoms with Gasteiger partial charge in [0.25, 0.3) is 0 Å². The van der Waals surface area contributed by atoms with Crippen molar-refractivity contribution in [3.63, 3.8) is 0 Å². The van der Waals surface area contributed by atoms with E-state index in [0.29, 0.717) is 18.5 Å². The predicted octanol–water partition coefficient (Wildman–Crippen LogP) is 2.00. The molecule has 0 aromatic rings. The Balaban J connectivity index is 2.12. The van der Waals surface area contributed by atoms with Crippen molar-refractivity contribution in [3.8, 4) is 0 Å². The van der Waals surface area contributed by atoms with E-state index in [9.17, 15) is 4.79 Å². The first-order valence-corrected chi connectivity index (χ1v) is 8.24. The Morgan fingerprint density at radius 2 is 1.80 bits per heavy atom. The molecule has 0 atom stereocenters. The molecule has 0 saturated carbocycles. The van der Waals surface area contributed by atoms with Gasteiger partial charge in [0, 0.05) is 31.6 Å². The summed E-state index contributed by atoms with van der Waals surface area (Å²) in [5, 5.41) is 6.43. The van der Waals surface area contributed by atoms with Crippen LogP contribution in [0.3, 0.4) is 0 Å². The molecule has 0 radical (unpaired) electrons. The fourth-order valence-electron chi connectivity index (χ4n) is 3.03. The fraction of sp³-hybridized carbons (Fsp3) is 0.938. The van der Waals surface area contributed by atoms with Gasteiger partial charge in [-0.25, -0.2) is 0 Å². The number of amides is 1. The molecule has 1 saturated heterocycles. The number of hydrogen-bond acceptors (Lipinski definition) is 3. The molecule has 2 N–H and O–H groups in total. The maximum absolute atomic E-state index is 11.9. The van der Waals surface area contributed by atoms with E-state index in [2.05, 4.69) is 43.2 Å². The number of nitrogens with zero attached hydrogens (tertiary/aromatic N) is 1. The molecule has 1 heterocycles. The average Bonchev–Trinajstić information content (AvgIpc) is 2.41. The van der Waals surface area contributed by atoms with E-state index < -0.39 is 0 Å². The van der Waals surface area contributed by atoms with Gasteiger partial charge in [-0.05, 0) is 66.0 Å². The zero-order valence-corrected chi connectivity index (χ0v) is 13.7. The lowest BCUT2D eigenvalue weighted by molar-refractivity contribution is -0.121. The van der Waals surface area contributed by atoms with Gasteiger partial charge in [0.15, 0.2) is 0 Å². The van der Waals surface area contributed by atoms with Gasteiger partial charge in [0.2, 0.25) is 5.91 Å². The lowest BCUT2D eigenvalue weighted by atomic mass is 9.93. The van der Waals surface area contributed by atoms with Crippen molar-refractivity contribution in [3.05, 3.63) is 0 Å². The molecule has 1 amide bonds. The van der Waals surface area contributed by atoms with Gasteiger partial charge in [-0.1, -0.05) is 0 Å². The van der Waals surface area contributed by atoms with Crippen LogP contribution in [0.25, 0.3) is 0 Å². The van der Waals surface area contributed by atoms with Gasteiger partial charge in [0.1, 0.15) is 0 Å². The lowest BCUT2D eigenvalue weighted by Crippen LogP contribution is -2.42. The van der Waals surface area contributed by atoms with Crippen molar-refractivity contribution >= 4 is 5.91 Å². The summed E-state index contributed by atoms with van der Waals surface area (Å²) in [7, 11) is 0. The van der Waals surface area contributed by atoms with Crippen molar-refractivity contribution in [2.45, 2.75) is 65.5 Å². The summed E-state index contributed by atoms with van der Waals surface area (Å²) in [4.78, 5) is 14.3. The summed E-state index contributed by atoms with van der Waals surface area (Å²) >= 11 is 0. The van der Waals surface area contributed by atoms with E-state index in [1.807, 2.05) is 0 Å². The highest BCUT2D eigenvalue weighted by Gasteiger charge is 2.15. The highest BCUT2D eigenvalue weighted by atomic mass is 16.1. The molecule has 118 valence electrons. The second kappa shape index (κ2) is 9.35. The molecule has 1 rings (SSSR count). The van der Waals surface area contributed by atoms with Crippen LogP contribution in [0.2, 0.25) is 0 Å². The molecular formula is C16H33N3O. The molecule has 0 aliphatic carbocycles. The molecule has 0 aromatic carbocycles. The van der Waals surface area contributed by atoms with Crippen LogP contribution in [0.15, 0.2) is 0 Å². The van der Waals surface area contributed by atoms with E-state index in [1.165, 1.54) is 12.8 Å². The second-order valence-electron chi connectivity index (χ2n) is 6.51. The van der Waals surface area contributed by atoms with Gasteiger partial charge >= 0.3 is 0 Å². The van der Waals surface area contributed by atoms with Crippen molar-refractivity contribution in [2.75, 3.05) is 26.2 Å². The third kappa shape index (κ3) is 6.71. The summed E-state index contributed by atoms with van der Waals surface area (Å²) in [6, 6.07) is 1.06. The molecule has 0 aromatic heterocycles. The van der Waals surface area contributed by atoms with Gasteiger partial charge < -0.3 is 10.6 Å². The maximum Gasteiger partial charge on any atom is 0.220 e. The number of carbonyl (C=O) groups is 1. The van der Waals surface area contributed by atoms with Crippen LogP contribution >= 0.6 is 0 Å². The van der Waals surface area contributed by atoms with Crippen LogP contribution < -0.4 is 10.6 Å². The zero-order valence-electron chi connectivity index (χ0n) is 13.7. The van der Waals surface area contributed by atoms with E-state index in [0.717, 1.165) is 38.5 Å². The Kier molecular flexibility index (Phi) is 8.15. The normalized spacial score (nSPS) is 17.1. The lowest BCUT2D eigenvalue weighted by Gasteiger charge is -2.30. The molecule has 0 bridgehead atoms. The molecule has 0 spiro atoms. The van der Waals surface area contributed by atoms with Gasteiger partial charge in [-0.3, -0.25) is 9.69 Å². The van der Waals surface area contributed by atoms with Crippen LogP contribution in [0.5, 0.6) is 0 Å². The Morgan fingerprint density at radius 3 is 2.35 bits per heavy atom. The first-order chi connectivity index (χ1) is 9.50. The Morgan fingerprint density at radius 1 is 1.20 bits per heavy atom. The van der Waals surface area contributed by atoms with E-state index in [4.69, 9.17) is 0 Å². The number of hydrogen-bond donors (Lipinski definition) is 2. The molecule has 1 fully saturated rings. The Hall–Kier alpha value is -0.610. The molecule has 1 aliphatic rings. The summed E-state index contributed by atoms with van der Waals surface area (Å²) in [6.45, 7) is 12.8. The second-order valence-corrected chi connectivity index (χ2v) is 6.51. The minimum Gasteiger partial charge on any atom is -0.355 e. The van der Waals surface area contributed by atoms with E-state index in [1.54, 1.807) is 0 Å². The van der Waals surface area contributed by atoms with Crippen molar-refractivity contribution in [1.82, 2.24) is 15.5 Å². The summed E-state index contributed by atoms with van der Waals surface area (Å²) in [6.07, 6.45) is 4.18. The maximum atomic E-state index is 11.9. The SMILES string of the molecule is CC(C)N(CCNC(=O)CCC1CCNCC1)C(C)C. The van der Waals surface area contributed by atoms with E-state index in [-0.39, 0.29) is 5.91 Å². The Bertz CT molecular complexity index is 265. The molecule has 20 heavy (non-hydrogen) atoms. The quantitative estimate of drug-likeness (QED) is 0.716. The molecule has 4 heteroatoms. The minimum absolute atomic E-state index is 0.219. The first-order valence-electron chi connectivity index (χ1n) is 8.24. The summed E-state index contributed by atoms with van der Waals surface area (Å²) in [5.41, 5.74) is 0. The van der Waals surface area contributed by atoms with Crippen molar-refractivity contribution in [2.24, 2.45) is 5.92 Å². The van der Waals surface area contributed by atoms with Gasteiger partial charge in [-0.15, -0.1) is 0 Å². The van der Waals surface area contributed by atoms with Gasteiger partial charge in [0.05, 0.1) is 0 Å². The summed E-state index contributed by atoms with van der Waals surface area (Å²) in [5.74, 6) is 0.959.